The van der Waals surface area contributed by atoms with Crippen molar-refractivity contribution in [2.75, 3.05) is 17.2 Å². The number of hydrogen-bond acceptors (Lipinski definition) is 11. The Morgan fingerprint density at radius 1 is 0.983 bits per heavy atom. The minimum absolute atomic E-state index is 0.0294. The number of nitrogens with one attached hydrogen (secondary N) is 5. The summed E-state index contributed by atoms with van der Waals surface area (Å²) >= 11 is 0. The summed E-state index contributed by atoms with van der Waals surface area (Å²) in [4.78, 5) is 81.3. The van der Waals surface area contributed by atoms with Crippen LogP contribution >= 0.6 is 0 Å². The monoisotopic (exact) mass is 810 g/mol. The molecule has 5 amide bonds. The highest BCUT2D eigenvalue weighted by molar-refractivity contribution is 5.98. The number of benzene rings is 2. The van der Waals surface area contributed by atoms with Crippen LogP contribution in [0.25, 0.3) is 22.3 Å². The van der Waals surface area contributed by atoms with E-state index in [0.29, 0.717) is 45.6 Å². The number of carbonyl (C=O) groups excluding carboxylic acids is 5. The Morgan fingerprint density at radius 2 is 1.71 bits per heavy atom. The quantitative estimate of drug-likeness (QED) is 0.0593. The lowest BCUT2D eigenvalue weighted by Crippen LogP contribution is -2.54. The predicted molar refractivity (Wildman–Crippen MR) is 219 cm³/mol. The molecule has 0 radical (unpaired) electrons. The molecule has 2 aromatic heterocycles. The van der Waals surface area contributed by atoms with E-state index >= 15 is 0 Å². The summed E-state index contributed by atoms with van der Waals surface area (Å²) in [5.41, 5.74) is 7.41. The van der Waals surface area contributed by atoms with Crippen molar-refractivity contribution in [1.82, 2.24) is 25.5 Å². The van der Waals surface area contributed by atoms with Crippen molar-refractivity contribution in [3.63, 3.8) is 0 Å². The number of amides is 5. The van der Waals surface area contributed by atoms with Gasteiger partial charge in [-0.2, -0.15) is 0 Å². The van der Waals surface area contributed by atoms with Crippen molar-refractivity contribution in [2.45, 2.75) is 97.4 Å². The van der Waals surface area contributed by atoms with E-state index < -0.39 is 41.7 Å². The molecule has 2 aliphatic rings. The van der Waals surface area contributed by atoms with E-state index in [1.54, 1.807) is 60.0 Å². The lowest BCUT2D eigenvalue weighted by molar-refractivity contribution is -0.172. The maximum Gasteiger partial charge on any atom is 0.411 e. The molecule has 4 aromatic rings. The van der Waals surface area contributed by atoms with E-state index in [-0.39, 0.29) is 73.7 Å². The molecule has 4 heterocycles. The highest BCUT2D eigenvalue weighted by atomic mass is 16.6. The Kier molecular flexibility index (Phi) is 12.7. The summed E-state index contributed by atoms with van der Waals surface area (Å²) in [6.07, 6.45) is -0.000226. The number of cyclic esters (lactones) is 1. The Hall–Kier alpha value is -6.33. The molecule has 8 N–H and O–H groups in total. The molecule has 2 aliphatic heterocycles. The predicted octanol–water partition coefficient (Wildman–Crippen LogP) is 3.72. The van der Waals surface area contributed by atoms with Crippen molar-refractivity contribution in [3.8, 4) is 11.4 Å². The van der Waals surface area contributed by atoms with Crippen LogP contribution in [0.15, 0.2) is 59.4 Å². The van der Waals surface area contributed by atoms with Gasteiger partial charge in [0.2, 0.25) is 11.8 Å². The van der Waals surface area contributed by atoms with Crippen molar-refractivity contribution < 1.29 is 38.6 Å². The van der Waals surface area contributed by atoms with Gasteiger partial charge in [0, 0.05) is 40.5 Å². The molecule has 312 valence electrons. The zero-order valence-corrected chi connectivity index (χ0v) is 33.6. The number of hydrogen-bond donors (Lipinski definition) is 7. The first-order chi connectivity index (χ1) is 28.1. The fraction of sp³-hybridized carbons (Fsp3) is 0.405. The number of rotatable bonds is 15. The second-order valence-electron chi connectivity index (χ2n) is 15.4. The molecule has 17 heteroatoms. The number of nitrogens with two attached hydrogens (primary N) is 1. The fourth-order valence-corrected chi connectivity index (χ4v) is 7.26. The Balaban J connectivity index is 1.06. The second-order valence-corrected chi connectivity index (χ2v) is 15.4. The van der Waals surface area contributed by atoms with Gasteiger partial charge in [0.25, 0.3) is 5.56 Å². The van der Waals surface area contributed by atoms with E-state index in [1.165, 1.54) is 0 Å². The number of anilines is 2. The third-order valence-corrected chi connectivity index (χ3v) is 10.4. The van der Waals surface area contributed by atoms with Crippen LogP contribution in [0.2, 0.25) is 0 Å². The first kappa shape index (κ1) is 42.3. The second kappa shape index (κ2) is 17.7. The fourth-order valence-electron chi connectivity index (χ4n) is 7.26. The van der Waals surface area contributed by atoms with Crippen molar-refractivity contribution in [2.24, 2.45) is 11.7 Å². The van der Waals surface area contributed by atoms with Gasteiger partial charge < -0.3 is 46.1 Å². The maximum absolute atomic E-state index is 13.5. The van der Waals surface area contributed by atoms with Gasteiger partial charge in [0.1, 0.15) is 19.3 Å². The lowest BCUT2D eigenvalue weighted by Gasteiger charge is -2.31. The molecule has 2 aromatic carbocycles. The van der Waals surface area contributed by atoms with Crippen LogP contribution in [0.4, 0.5) is 21.0 Å². The summed E-state index contributed by atoms with van der Waals surface area (Å²) < 4.78 is 12.2. The number of ether oxygens (including phenoxy) is 2. The summed E-state index contributed by atoms with van der Waals surface area (Å²) in [5, 5.41) is 26.0. The summed E-state index contributed by atoms with van der Waals surface area (Å²) in [6, 6.07) is 13.4. The molecular weight excluding hydrogens is 761 g/mol. The molecule has 6 rings (SSSR count). The molecule has 3 atom stereocenters. The average molecular weight is 811 g/mol. The standard InChI is InChI=1S/C42H50N8O9/c1-6-42(57)30-18-33-35-26(19-50(33)38(53)29(30)21-58-39(42)54)16-25-17-28(13-14-31(25)48-35)47-41(56)59-20-24-9-11-27(12-10-24)46-36(51)32(8-7-15-44-40(43)55)49-37(52)34(22(2)3)45-23(4)5/h9-14,16-18,22-23,32,34,45,57H,6-8,15,19-21H2,1-5H3,(H,46,51)(H,47,56)(H,49,52)(H3,43,44,55)/t32-,34-,42-/m0/s1. The zero-order valence-electron chi connectivity index (χ0n) is 33.6. The molecule has 0 bridgehead atoms. The topological polar surface area (TPSA) is 245 Å². The molecular formula is C42H50N8O9. The molecule has 0 saturated heterocycles. The number of pyridine rings is 2. The van der Waals surface area contributed by atoms with E-state index in [4.69, 9.17) is 20.2 Å². The molecule has 59 heavy (non-hydrogen) atoms. The third kappa shape index (κ3) is 9.37. The number of fused-ring (bicyclic) bond motifs is 5. The van der Waals surface area contributed by atoms with Crippen LogP contribution in [0.3, 0.4) is 0 Å². The highest BCUT2D eigenvalue weighted by Gasteiger charge is 2.45. The van der Waals surface area contributed by atoms with E-state index in [1.807, 2.05) is 33.8 Å². The number of nitrogens with zero attached hydrogens (tertiary/aromatic N) is 2. The van der Waals surface area contributed by atoms with Crippen molar-refractivity contribution >= 4 is 52.2 Å². The number of primary amides is 1. The van der Waals surface area contributed by atoms with Gasteiger partial charge in [-0.1, -0.05) is 46.8 Å². The van der Waals surface area contributed by atoms with Crippen LogP contribution in [-0.4, -0.2) is 69.2 Å². The van der Waals surface area contributed by atoms with Gasteiger partial charge in [0.15, 0.2) is 5.60 Å². The first-order valence-corrected chi connectivity index (χ1v) is 19.6. The molecule has 0 aliphatic carbocycles. The van der Waals surface area contributed by atoms with Gasteiger partial charge in [-0.05, 0) is 73.2 Å². The third-order valence-electron chi connectivity index (χ3n) is 10.4. The number of aliphatic hydroxyl groups is 1. The SMILES string of the molecule is CC[C@@]1(O)C(=O)OCc2c1cc1n(c2=O)Cc2cc3cc(NC(=O)OCc4ccc(NC(=O)[C@H](CCCNC(N)=O)NC(=O)[C@@H](NC(C)C)C(C)C)cc4)ccc3nc2-1. The van der Waals surface area contributed by atoms with E-state index in [9.17, 15) is 33.9 Å². The summed E-state index contributed by atoms with van der Waals surface area (Å²) in [7, 11) is 0. The first-order valence-electron chi connectivity index (χ1n) is 19.6. The van der Waals surface area contributed by atoms with Crippen LogP contribution in [0.1, 0.15) is 76.1 Å². The van der Waals surface area contributed by atoms with Gasteiger partial charge in [-0.3, -0.25) is 19.7 Å². The van der Waals surface area contributed by atoms with E-state index in [2.05, 4.69) is 26.6 Å². The average Bonchev–Trinajstić information content (AvgIpc) is 3.55. The van der Waals surface area contributed by atoms with Crippen LogP contribution < -0.4 is 37.9 Å². The van der Waals surface area contributed by atoms with Crippen molar-refractivity contribution in [1.29, 1.82) is 0 Å². The lowest BCUT2D eigenvalue weighted by atomic mass is 9.86. The smallest absolute Gasteiger partial charge is 0.411 e. The molecule has 17 nitrogen and oxygen atoms in total. The normalized spacial score (nSPS) is 16.4. The van der Waals surface area contributed by atoms with E-state index in [0.717, 1.165) is 5.56 Å². The molecule has 0 fully saturated rings. The number of esters is 1. The number of carbonyl (C=O) groups is 5. The number of urea groups is 1. The Labute approximate surface area is 340 Å². The molecule has 0 spiro atoms. The summed E-state index contributed by atoms with van der Waals surface area (Å²) in [5.74, 6) is -1.55. The highest BCUT2D eigenvalue weighted by Crippen LogP contribution is 2.39. The molecule has 0 saturated carbocycles. The largest absolute Gasteiger partial charge is 0.458 e. The van der Waals surface area contributed by atoms with Gasteiger partial charge >= 0.3 is 18.1 Å². The maximum atomic E-state index is 13.5. The Bertz CT molecular complexity index is 2340. The Morgan fingerprint density at radius 3 is 2.39 bits per heavy atom. The van der Waals surface area contributed by atoms with Crippen molar-refractivity contribution in [3.05, 3.63) is 87.2 Å². The minimum atomic E-state index is -1.92. The van der Waals surface area contributed by atoms with Gasteiger partial charge in [0.05, 0.1) is 35.1 Å². The van der Waals surface area contributed by atoms with Crippen LogP contribution in [-0.2, 0) is 49.2 Å². The van der Waals surface area contributed by atoms with Gasteiger partial charge in [-0.25, -0.2) is 19.4 Å². The van der Waals surface area contributed by atoms with Crippen LogP contribution in [0.5, 0.6) is 0 Å². The number of aromatic nitrogens is 2. The molecule has 0 unspecified atom stereocenters. The van der Waals surface area contributed by atoms with Crippen LogP contribution in [0, 0.1) is 5.92 Å². The minimum Gasteiger partial charge on any atom is -0.458 e. The zero-order chi connectivity index (χ0) is 42.6. The van der Waals surface area contributed by atoms with Gasteiger partial charge in [-0.15, -0.1) is 0 Å². The summed E-state index contributed by atoms with van der Waals surface area (Å²) in [6.45, 7) is 9.57.